The van der Waals surface area contributed by atoms with Gasteiger partial charge in [-0.3, -0.25) is 10.1 Å². The maximum absolute atomic E-state index is 11.4. The van der Waals surface area contributed by atoms with Crippen molar-refractivity contribution >= 4 is 32.8 Å². The zero-order valence-corrected chi connectivity index (χ0v) is 14.9. The summed E-state index contributed by atoms with van der Waals surface area (Å²) >= 11 is 0. The van der Waals surface area contributed by atoms with Crippen molar-refractivity contribution in [3.8, 4) is 0 Å². The van der Waals surface area contributed by atoms with E-state index >= 15 is 0 Å². The van der Waals surface area contributed by atoms with Crippen LogP contribution in [0.4, 0.5) is 22.7 Å². The van der Waals surface area contributed by atoms with Crippen LogP contribution in [0.3, 0.4) is 0 Å². The Hall–Kier alpha value is -2.65. The van der Waals surface area contributed by atoms with E-state index in [0.29, 0.717) is 11.7 Å². The van der Waals surface area contributed by atoms with Crippen molar-refractivity contribution in [3.63, 3.8) is 0 Å². The van der Waals surface area contributed by atoms with Crippen molar-refractivity contribution in [1.82, 2.24) is 0 Å². The summed E-state index contributed by atoms with van der Waals surface area (Å²) in [6.45, 7) is 4.11. The number of nitrogens with zero attached hydrogens (tertiary/aromatic N) is 2. The smallest absolute Gasteiger partial charge is 0.294 e. The molecule has 0 amide bonds. The van der Waals surface area contributed by atoms with Gasteiger partial charge in [0.05, 0.1) is 9.82 Å². The minimum atomic E-state index is -4.01. The molecule has 2 aromatic carbocycles. The molecule has 8 nitrogen and oxygen atoms in total. The Bertz CT molecular complexity index is 897. The number of nitrogens with two attached hydrogens (primary N) is 1. The van der Waals surface area contributed by atoms with Crippen molar-refractivity contribution in [2.24, 2.45) is 5.14 Å². The molecule has 0 fully saturated rings. The highest BCUT2D eigenvalue weighted by Crippen LogP contribution is 2.31. The number of nitrogens with one attached hydrogen (secondary N) is 1. The molecule has 0 aromatic heterocycles. The van der Waals surface area contributed by atoms with E-state index in [1.807, 2.05) is 25.2 Å². The SMILES string of the molecule is CC(C)N(C)c1cccc(Nc2ccc(S(N)(=O)=O)cc2[N+](=O)[O-])c1. The van der Waals surface area contributed by atoms with Gasteiger partial charge >= 0.3 is 0 Å². The molecule has 0 aliphatic heterocycles. The Morgan fingerprint density at radius 2 is 1.88 bits per heavy atom. The molecule has 0 saturated heterocycles. The zero-order valence-electron chi connectivity index (χ0n) is 14.1. The van der Waals surface area contributed by atoms with Crippen molar-refractivity contribution in [2.45, 2.75) is 24.8 Å². The van der Waals surface area contributed by atoms with Gasteiger partial charge in [0.1, 0.15) is 5.69 Å². The number of sulfonamides is 1. The fourth-order valence-electron chi connectivity index (χ4n) is 2.20. The molecule has 0 bridgehead atoms. The number of benzene rings is 2. The van der Waals surface area contributed by atoms with E-state index in [-0.39, 0.29) is 16.3 Å². The van der Waals surface area contributed by atoms with Crippen LogP contribution in [-0.2, 0) is 10.0 Å². The fourth-order valence-corrected chi connectivity index (χ4v) is 2.74. The third kappa shape index (κ3) is 4.46. The molecule has 2 aromatic rings. The highest BCUT2D eigenvalue weighted by molar-refractivity contribution is 7.89. The summed E-state index contributed by atoms with van der Waals surface area (Å²) in [5.41, 5.74) is 1.41. The zero-order chi connectivity index (χ0) is 18.8. The Kier molecular flexibility index (Phi) is 5.29. The first-order chi connectivity index (χ1) is 11.6. The molecular formula is C16H20N4O4S. The monoisotopic (exact) mass is 364 g/mol. The second-order valence-corrected chi connectivity index (χ2v) is 7.42. The van der Waals surface area contributed by atoms with Gasteiger partial charge in [-0.05, 0) is 44.2 Å². The standard InChI is InChI=1S/C16H20N4O4S/c1-11(2)19(3)13-6-4-5-12(9-13)18-15-8-7-14(25(17,23)24)10-16(15)20(21)22/h4-11,18H,1-3H3,(H2,17,23,24). The molecule has 3 N–H and O–H groups in total. The first kappa shape index (κ1) is 18.7. The third-order valence-electron chi connectivity index (χ3n) is 3.80. The normalized spacial score (nSPS) is 11.4. The number of hydrogen-bond donors (Lipinski definition) is 2. The predicted octanol–water partition coefficient (Wildman–Crippen LogP) is 2.83. The van der Waals surface area contributed by atoms with E-state index in [1.165, 1.54) is 12.1 Å². The van der Waals surface area contributed by atoms with Crippen LogP contribution in [0.25, 0.3) is 0 Å². The molecule has 0 aliphatic carbocycles. The van der Waals surface area contributed by atoms with E-state index in [2.05, 4.69) is 24.1 Å². The summed E-state index contributed by atoms with van der Waals surface area (Å²) in [7, 11) is -2.06. The third-order valence-corrected chi connectivity index (χ3v) is 4.71. The van der Waals surface area contributed by atoms with Gasteiger partial charge in [-0.2, -0.15) is 0 Å². The number of nitro benzene ring substituents is 1. The molecule has 0 aliphatic rings. The highest BCUT2D eigenvalue weighted by atomic mass is 32.2. The minimum Gasteiger partial charge on any atom is -0.372 e. The summed E-state index contributed by atoms with van der Waals surface area (Å²) in [5.74, 6) is 0. The molecule has 0 unspecified atom stereocenters. The van der Waals surface area contributed by atoms with Gasteiger partial charge in [0.15, 0.2) is 0 Å². The number of anilines is 3. The summed E-state index contributed by atoms with van der Waals surface area (Å²) in [5, 5.41) is 19.3. The molecule has 0 spiro atoms. The summed E-state index contributed by atoms with van der Waals surface area (Å²) < 4.78 is 22.8. The average molecular weight is 364 g/mol. The van der Waals surface area contributed by atoms with Gasteiger partial charge < -0.3 is 10.2 Å². The summed E-state index contributed by atoms with van der Waals surface area (Å²) in [4.78, 5) is 12.4. The molecular weight excluding hydrogens is 344 g/mol. The molecule has 134 valence electrons. The van der Waals surface area contributed by atoms with Crippen LogP contribution < -0.4 is 15.4 Å². The lowest BCUT2D eigenvalue weighted by Gasteiger charge is -2.24. The summed E-state index contributed by atoms with van der Waals surface area (Å²) in [6, 6.07) is 11.2. The van der Waals surface area contributed by atoms with Crippen molar-refractivity contribution < 1.29 is 13.3 Å². The first-order valence-electron chi connectivity index (χ1n) is 7.51. The van der Waals surface area contributed by atoms with Crippen LogP contribution >= 0.6 is 0 Å². The topological polar surface area (TPSA) is 119 Å². The lowest BCUT2D eigenvalue weighted by Crippen LogP contribution is -2.25. The maximum Gasteiger partial charge on any atom is 0.294 e. The molecule has 0 atom stereocenters. The van der Waals surface area contributed by atoms with Gasteiger partial charge in [0, 0.05) is 30.5 Å². The Morgan fingerprint density at radius 3 is 2.44 bits per heavy atom. The van der Waals surface area contributed by atoms with E-state index < -0.39 is 14.9 Å². The molecule has 2 rings (SSSR count). The van der Waals surface area contributed by atoms with E-state index in [4.69, 9.17) is 5.14 Å². The maximum atomic E-state index is 11.4. The lowest BCUT2D eigenvalue weighted by molar-refractivity contribution is -0.384. The molecule has 25 heavy (non-hydrogen) atoms. The van der Waals surface area contributed by atoms with E-state index in [1.54, 1.807) is 6.07 Å². The van der Waals surface area contributed by atoms with Gasteiger partial charge in [0.2, 0.25) is 10.0 Å². The first-order valence-corrected chi connectivity index (χ1v) is 9.05. The van der Waals surface area contributed by atoms with Crippen molar-refractivity contribution in [3.05, 3.63) is 52.6 Å². The average Bonchev–Trinajstić information content (AvgIpc) is 2.53. The number of nitro groups is 1. The van der Waals surface area contributed by atoms with Crippen molar-refractivity contribution in [1.29, 1.82) is 0 Å². The van der Waals surface area contributed by atoms with Gasteiger partial charge in [0.25, 0.3) is 5.69 Å². The second kappa shape index (κ2) is 7.08. The van der Waals surface area contributed by atoms with Crippen LogP contribution in [0.1, 0.15) is 13.8 Å². The van der Waals surface area contributed by atoms with Crippen LogP contribution in [0.15, 0.2) is 47.4 Å². The lowest BCUT2D eigenvalue weighted by atomic mass is 10.2. The minimum absolute atomic E-state index is 0.182. The molecule has 0 radical (unpaired) electrons. The number of primary sulfonamides is 1. The highest BCUT2D eigenvalue weighted by Gasteiger charge is 2.19. The number of rotatable bonds is 6. The molecule has 9 heteroatoms. The van der Waals surface area contributed by atoms with Gasteiger partial charge in [-0.15, -0.1) is 0 Å². The molecule has 0 heterocycles. The van der Waals surface area contributed by atoms with Crippen LogP contribution in [0.2, 0.25) is 0 Å². The van der Waals surface area contributed by atoms with Crippen LogP contribution in [0, 0.1) is 10.1 Å². The Morgan fingerprint density at radius 1 is 1.20 bits per heavy atom. The summed E-state index contributed by atoms with van der Waals surface area (Å²) in [6.07, 6.45) is 0. The quantitative estimate of drug-likeness (QED) is 0.601. The number of hydrogen-bond acceptors (Lipinski definition) is 6. The van der Waals surface area contributed by atoms with Crippen LogP contribution in [0.5, 0.6) is 0 Å². The molecule has 0 saturated carbocycles. The van der Waals surface area contributed by atoms with E-state index in [9.17, 15) is 18.5 Å². The second-order valence-electron chi connectivity index (χ2n) is 5.86. The van der Waals surface area contributed by atoms with Gasteiger partial charge in [-0.1, -0.05) is 6.07 Å². The largest absolute Gasteiger partial charge is 0.372 e. The Balaban J connectivity index is 2.41. The van der Waals surface area contributed by atoms with Crippen LogP contribution in [-0.4, -0.2) is 26.4 Å². The predicted molar refractivity (Wildman–Crippen MR) is 97.7 cm³/mol. The van der Waals surface area contributed by atoms with E-state index in [0.717, 1.165) is 11.8 Å². The van der Waals surface area contributed by atoms with Gasteiger partial charge in [-0.25, -0.2) is 13.6 Å². The fraction of sp³-hybridized carbons (Fsp3) is 0.250. The van der Waals surface area contributed by atoms with Crippen molar-refractivity contribution in [2.75, 3.05) is 17.3 Å². The Labute approximate surface area is 146 Å².